The Labute approximate surface area is 126 Å². The van der Waals surface area contributed by atoms with Crippen LogP contribution in [0.2, 0.25) is 0 Å². The van der Waals surface area contributed by atoms with Crippen molar-refractivity contribution in [2.45, 2.75) is 58.8 Å². The van der Waals surface area contributed by atoms with Crippen molar-refractivity contribution in [3.63, 3.8) is 0 Å². The lowest BCUT2D eigenvalue weighted by Crippen LogP contribution is -2.04. The number of hydrogen-bond donors (Lipinski definition) is 0. The van der Waals surface area contributed by atoms with Crippen molar-refractivity contribution in [2.75, 3.05) is 13.2 Å². The van der Waals surface area contributed by atoms with Gasteiger partial charge in [0.25, 0.3) is 0 Å². The molecule has 0 aliphatic carbocycles. The molecule has 2 nitrogen and oxygen atoms in total. The van der Waals surface area contributed by atoms with Crippen LogP contribution in [0.1, 0.15) is 58.8 Å². The molecule has 120 valence electrons. The lowest BCUT2D eigenvalue weighted by atomic mass is 10.2. The Morgan fingerprint density at radius 1 is 0.714 bits per heavy atom. The quantitative estimate of drug-likeness (QED) is 0.503. The smallest absolute Gasteiger partial charge is 0.204 e. The summed E-state index contributed by atoms with van der Waals surface area (Å²) in [6.45, 7) is 4.97. The van der Waals surface area contributed by atoms with Gasteiger partial charge in [0.15, 0.2) is 11.5 Å². The minimum atomic E-state index is -0.963. The predicted octanol–water partition coefficient (Wildman–Crippen LogP) is 5.49. The second-order valence-corrected chi connectivity index (χ2v) is 5.15. The summed E-state index contributed by atoms with van der Waals surface area (Å²) in [5.74, 6) is -2.01. The topological polar surface area (TPSA) is 18.5 Å². The van der Waals surface area contributed by atoms with E-state index in [1.54, 1.807) is 0 Å². The lowest BCUT2D eigenvalue weighted by molar-refractivity contribution is 0.268. The van der Waals surface area contributed by atoms with Gasteiger partial charge in [0.1, 0.15) is 0 Å². The molecule has 0 spiro atoms. The van der Waals surface area contributed by atoms with E-state index in [2.05, 4.69) is 6.92 Å². The molecular weight excluding hydrogens is 274 g/mol. The summed E-state index contributed by atoms with van der Waals surface area (Å²) < 4.78 is 38.1. The summed E-state index contributed by atoms with van der Waals surface area (Å²) in [5, 5.41) is 0. The van der Waals surface area contributed by atoms with Gasteiger partial charge in [-0.25, -0.2) is 0 Å². The minimum Gasteiger partial charge on any atom is -0.490 e. The maximum absolute atomic E-state index is 13.8. The number of hydrogen-bond acceptors (Lipinski definition) is 2. The highest BCUT2D eigenvalue weighted by atomic mass is 19.2. The molecule has 0 aliphatic rings. The highest BCUT2D eigenvalue weighted by molar-refractivity contribution is 5.35. The normalized spacial score (nSPS) is 10.7. The van der Waals surface area contributed by atoms with Crippen molar-refractivity contribution in [2.24, 2.45) is 0 Å². The molecule has 0 saturated heterocycles. The van der Waals surface area contributed by atoms with Crippen molar-refractivity contribution in [1.29, 1.82) is 0 Å². The summed E-state index contributed by atoms with van der Waals surface area (Å²) >= 11 is 0. The van der Waals surface area contributed by atoms with Crippen molar-refractivity contribution < 1.29 is 18.3 Å². The highest BCUT2D eigenvalue weighted by Gasteiger charge is 2.15. The third-order valence-corrected chi connectivity index (χ3v) is 3.27. The number of ether oxygens (including phenoxy) is 2. The second kappa shape index (κ2) is 10.4. The summed E-state index contributed by atoms with van der Waals surface area (Å²) in [7, 11) is 0. The van der Waals surface area contributed by atoms with E-state index in [0.29, 0.717) is 13.2 Å². The van der Waals surface area contributed by atoms with Crippen LogP contribution in [-0.2, 0) is 0 Å². The molecule has 0 amide bonds. The molecule has 21 heavy (non-hydrogen) atoms. The van der Waals surface area contributed by atoms with Gasteiger partial charge in [-0.15, -0.1) is 0 Å². The Kier molecular flexibility index (Phi) is 8.79. The maximum atomic E-state index is 13.8. The van der Waals surface area contributed by atoms with Gasteiger partial charge in [-0.3, -0.25) is 0 Å². The third kappa shape index (κ3) is 6.32. The first-order chi connectivity index (χ1) is 10.2. The van der Waals surface area contributed by atoms with Crippen LogP contribution < -0.4 is 9.47 Å². The van der Waals surface area contributed by atoms with Crippen LogP contribution in [0.25, 0.3) is 0 Å². The summed E-state index contributed by atoms with van der Waals surface area (Å²) in [6, 6.07) is 2.87. The zero-order chi connectivity index (χ0) is 15.5. The second-order valence-electron chi connectivity index (χ2n) is 5.15. The van der Waals surface area contributed by atoms with E-state index in [4.69, 9.17) is 9.47 Å². The van der Waals surface area contributed by atoms with Gasteiger partial charge in [-0.1, -0.05) is 46.0 Å². The van der Waals surface area contributed by atoms with Crippen molar-refractivity contribution in [1.82, 2.24) is 0 Å². The Morgan fingerprint density at radius 3 is 1.71 bits per heavy atom. The highest BCUT2D eigenvalue weighted by Crippen LogP contribution is 2.27. The van der Waals surface area contributed by atoms with Gasteiger partial charge in [0.05, 0.1) is 13.2 Å². The Hall–Kier alpha value is -1.32. The molecule has 1 aromatic carbocycles. The van der Waals surface area contributed by atoms with Crippen LogP contribution in [0.5, 0.6) is 11.5 Å². The van der Waals surface area contributed by atoms with E-state index >= 15 is 0 Å². The molecule has 0 radical (unpaired) electrons. The summed E-state index contributed by atoms with van der Waals surface area (Å²) in [6.07, 6.45) is 7.21. The van der Waals surface area contributed by atoms with Gasteiger partial charge < -0.3 is 9.47 Å². The monoisotopic (exact) mass is 300 g/mol. The van der Waals surface area contributed by atoms with Crippen LogP contribution >= 0.6 is 0 Å². The van der Waals surface area contributed by atoms with E-state index < -0.39 is 11.6 Å². The van der Waals surface area contributed by atoms with Gasteiger partial charge in [0.2, 0.25) is 11.6 Å². The Balaban J connectivity index is 2.43. The largest absolute Gasteiger partial charge is 0.490 e. The van der Waals surface area contributed by atoms with Crippen LogP contribution in [0.4, 0.5) is 8.78 Å². The molecule has 0 aliphatic heterocycles. The molecule has 0 heterocycles. The van der Waals surface area contributed by atoms with E-state index in [1.165, 1.54) is 25.0 Å². The molecule has 0 unspecified atom stereocenters. The van der Waals surface area contributed by atoms with E-state index in [1.807, 2.05) is 6.92 Å². The SMILES string of the molecule is CCCCCCCOc1ccc(OCCCC)c(F)c1F. The molecule has 0 saturated carbocycles. The van der Waals surface area contributed by atoms with E-state index in [0.717, 1.165) is 32.1 Å². The van der Waals surface area contributed by atoms with Crippen LogP contribution in [0.15, 0.2) is 12.1 Å². The van der Waals surface area contributed by atoms with Gasteiger partial charge >= 0.3 is 0 Å². The van der Waals surface area contributed by atoms with E-state index in [9.17, 15) is 8.78 Å². The van der Waals surface area contributed by atoms with Crippen LogP contribution in [-0.4, -0.2) is 13.2 Å². The number of unbranched alkanes of at least 4 members (excludes halogenated alkanes) is 5. The molecule has 0 aromatic heterocycles. The lowest BCUT2D eigenvalue weighted by Gasteiger charge is -2.11. The third-order valence-electron chi connectivity index (χ3n) is 3.27. The van der Waals surface area contributed by atoms with Crippen LogP contribution in [0.3, 0.4) is 0 Å². The molecule has 0 atom stereocenters. The summed E-state index contributed by atoms with van der Waals surface area (Å²) in [5.41, 5.74) is 0. The molecular formula is C17H26F2O2. The predicted molar refractivity (Wildman–Crippen MR) is 81.0 cm³/mol. The number of rotatable bonds is 11. The van der Waals surface area contributed by atoms with Crippen molar-refractivity contribution in [3.8, 4) is 11.5 Å². The average molecular weight is 300 g/mol. The average Bonchev–Trinajstić information content (AvgIpc) is 2.49. The Morgan fingerprint density at radius 2 is 1.19 bits per heavy atom. The minimum absolute atomic E-state index is 0.0363. The molecule has 0 fully saturated rings. The maximum Gasteiger partial charge on any atom is 0.204 e. The van der Waals surface area contributed by atoms with E-state index in [-0.39, 0.29) is 11.5 Å². The van der Waals surface area contributed by atoms with Gasteiger partial charge in [-0.05, 0) is 25.0 Å². The molecule has 4 heteroatoms. The fourth-order valence-electron chi connectivity index (χ4n) is 1.95. The molecule has 0 bridgehead atoms. The fourth-order valence-corrected chi connectivity index (χ4v) is 1.95. The van der Waals surface area contributed by atoms with Gasteiger partial charge in [0, 0.05) is 0 Å². The first-order valence-corrected chi connectivity index (χ1v) is 7.94. The Bertz CT molecular complexity index is 408. The molecule has 0 N–H and O–H groups in total. The number of benzene rings is 1. The zero-order valence-electron chi connectivity index (χ0n) is 13.1. The summed E-state index contributed by atoms with van der Waals surface area (Å²) in [4.78, 5) is 0. The molecule has 1 aromatic rings. The number of halogens is 2. The fraction of sp³-hybridized carbons (Fsp3) is 0.647. The first-order valence-electron chi connectivity index (χ1n) is 7.94. The molecule has 1 rings (SSSR count). The standard InChI is InChI=1S/C17H26F2O2/c1-3-5-7-8-9-13-21-15-11-10-14(16(18)17(15)19)20-12-6-4-2/h10-11H,3-9,12-13H2,1-2H3. The van der Waals surface area contributed by atoms with Crippen molar-refractivity contribution in [3.05, 3.63) is 23.8 Å². The first kappa shape index (κ1) is 17.7. The van der Waals surface area contributed by atoms with Crippen LogP contribution in [0, 0.1) is 11.6 Å². The van der Waals surface area contributed by atoms with Crippen molar-refractivity contribution >= 4 is 0 Å². The van der Waals surface area contributed by atoms with Gasteiger partial charge in [-0.2, -0.15) is 8.78 Å². The zero-order valence-corrected chi connectivity index (χ0v) is 13.1.